The zero-order valence-electron chi connectivity index (χ0n) is 17.2. The van der Waals surface area contributed by atoms with Crippen molar-refractivity contribution in [2.75, 3.05) is 20.2 Å². The van der Waals surface area contributed by atoms with Crippen LogP contribution in [0.25, 0.3) is 22.0 Å². The number of amides is 1. The van der Waals surface area contributed by atoms with Crippen LogP contribution in [0.2, 0.25) is 5.02 Å². The van der Waals surface area contributed by atoms with E-state index in [9.17, 15) is 4.79 Å². The van der Waals surface area contributed by atoms with E-state index < -0.39 is 6.10 Å². The smallest absolute Gasteiger partial charge is 0.263 e. The van der Waals surface area contributed by atoms with Crippen molar-refractivity contribution in [3.63, 3.8) is 0 Å². The molecule has 156 valence electrons. The van der Waals surface area contributed by atoms with E-state index >= 15 is 0 Å². The summed E-state index contributed by atoms with van der Waals surface area (Å²) in [6, 6.07) is 13.2. The number of fused-ring (bicyclic) bond motifs is 1. The second-order valence-corrected chi connectivity index (χ2v) is 7.91. The van der Waals surface area contributed by atoms with Crippen molar-refractivity contribution in [1.29, 1.82) is 0 Å². The highest BCUT2D eigenvalue weighted by Gasteiger charge is 2.23. The molecule has 1 aromatic heterocycles. The number of carbonyl (C=O) groups excluding carboxylic acids is 1. The normalized spacial score (nSPS) is 15.1. The number of piperidine rings is 1. The summed E-state index contributed by atoms with van der Waals surface area (Å²) in [5, 5.41) is 1.55. The van der Waals surface area contributed by atoms with E-state index in [0.29, 0.717) is 16.5 Å². The Kier molecular flexibility index (Phi) is 6.09. The molecule has 0 spiro atoms. The molecule has 0 saturated carbocycles. The van der Waals surface area contributed by atoms with Gasteiger partial charge in [-0.3, -0.25) is 9.78 Å². The molecule has 1 amide bonds. The number of halogens is 1. The highest BCUT2D eigenvalue weighted by Crippen LogP contribution is 2.40. The molecule has 30 heavy (non-hydrogen) atoms. The molecule has 6 heteroatoms. The van der Waals surface area contributed by atoms with Gasteiger partial charge in [-0.2, -0.15) is 0 Å². The average Bonchev–Trinajstić information content (AvgIpc) is 2.78. The minimum absolute atomic E-state index is 0.0392. The molecule has 1 atom stereocenters. The Hall–Kier alpha value is -2.79. The van der Waals surface area contributed by atoms with Crippen molar-refractivity contribution in [2.24, 2.45) is 0 Å². The summed E-state index contributed by atoms with van der Waals surface area (Å²) < 4.78 is 11.5. The van der Waals surface area contributed by atoms with Gasteiger partial charge in [0.2, 0.25) is 0 Å². The number of methoxy groups -OCH3 is 1. The van der Waals surface area contributed by atoms with Gasteiger partial charge in [0, 0.05) is 36.3 Å². The largest absolute Gasteiger partial charge is 0.496 e. The van der Waals surface area contributed by atoms with E-state index in [1.165, 1.54) is 6.42 Å². The number of aromatic nitrogens is 1. The summed E-state index contributed by atoms with van der Waals surface area (Å²) in [5.74, 6) is 1.37. The van der Waals surface area contributed by atoms with E-state index in [4.69, 9.17) is 21.1 Å². The molecular weight excluding hydrogens is 400 g/mol. The highest BCUT2D eigenvalue weighted by atomic mass is 35.5. The number of nitrogens with zero attached hydrogens (tertiary/aromatic N) is 2. The number of likely N-dealkylation sites (tertiary alicyclic amines) is 1. The maximum atomic E-state index is 12.7. The summed E-state index contributed by atoms with van der Waals surface area (Å²) >= 11 is 6.48. The highest BCUT2D eigenvalue weighted by molar-refractivity contribution is 6.34. The number of rotatable bonds is 5. The van der Waals surface area contributed by atoms with Gasteiger partial charge in [0.1, 0.15) is 11.5 Å². The van der Waals surface area contributed by atoms with Crippen LogP contribution in [-0.2, 0) is 4.79 Å². The van der Waals surface area contributed by atoms with Crippen LogP contribution < -0.4 is 9.47 Å². The molecular formula is C24H25ClN2O3. The van der Waals surface area contributed by atoms with Crippen molar-refractivity contribution in [3.8, 4) is 22.6 Å². The SMILES string of the molecule is COc1cccc(Cl)c1-c1ccnc2cc(OC(C)C(=O)N3CCCCC3)ccc12. The van der Waals surface area contributed by atoms with Gasteiger partial charge in [0.05, 0.1) is 17.6 Å². The minimum Gasteiger partial charge on any atom is -0.496 e. The zero-order valence-corrected chi connectivity index (χ0v) is 18.0. The third kappa shape index (κ3) is 4.08. The van der Waals surface area contributed by atoms with Crippen LogP contribution in [0.3, 0.4) is 0 Å². The molecule has 2 aromatic carbocycles. The number of hydrogen-bond acceptors (Lipinski definition) is 4. The Morgan fingerprint density at radius 2 is 1.93 bits per heavy atom. The summed E-state index contributed by atoms with van der Waals surface area (Å²) in [6.07, 6.45) is 4.52. The molecule has 3 aromatic rings. The van der Waals surface area contributed by atoms with Gasteiger partial charge >= 0.3 is 0 Å². The van der Waals surface area contributed by atoms with E-state index in [1.807, 2.05) is 47.4 Å². The average molecular weight is 425 g/mol. The molecule has 1 unspecified atom stereocenters. The molecule has 0 N–H and O–H groups in total. The lowest BCUT2D eigenvalue weighted by Gasteiger charge is -2.29. The van der Waals surface area contributed by atoms with Crippen LogP contribution in [-0.4, -0.2) is 42.1 Å². The first-order chi connectivity index (χ1) is 14.6. The van der Waals surface area contributed by atoms with Gasteiger partial charge in [-0.1, -0.05) is 17.7 Å². The summed E-state index contributed by atoms with van der Waals surface area (Å²) in [6.45, 7) is 3.43. The van der Waals surface area contributed by atoms with Gasteiger partial charge < -0.3 is 14.4 Å². The lowest BCUT2D eigenvalue weighted by Crippen LogP contribution is -2.43. The summed E-state index contributed by atoms with van der Waals surface area (Å²) in [4.78, 5) is 19.1. The quantitative estimate of drug-likeness (QED) is 0.554. The summed E-state index contributed by atoms with van der Waals surface area (Å²) in [7, 11) is 1.63. The van der Waals surface area contributed by atoms with Crippen molar-refractivity contribution in [2.45, 2.75) is 32.3 Å². The predicted molar refractivity (Wildman–Crippen MR) is 119 cm³/mol. The number of ether oxygens (including phenoxy) is 2. The predicted octanol–water partition coefficient (Wildman–Crippen LogP) is 5.34. The van der Waals surface area contributed by atoms with Crippen molar-refractivity contribution >= 4 is 28.4 Å². The molecule has 2 heterocycles. The topological polar surface area (TPSA) is 51.7 Å². The third-order valence-corrected chi connectivity index (χ3v) is 5.82. The molecule has 0 bridgehead atoms. The first-order valence-electron chi connectivity index (χ1n) is 10.3. The second-order valence-electron chi connectivity index (χ2n) is 7.50. The summed E-state index contributed by atoms with van der Waals surface area (Å²) in [5.41, 5.74) is 2.53. The Morgan fingerprint density at radius 3 is 2.70 bits per heavy atom. The van der Waals surface area contributed by atoms with E-state index in [0.717, 1.165) is 48.0 Å². The Morgan fingerprint density at radius 1 is 1.13 bits per heavy atom. The van der Waals surface area contributed by atoms with Crippen molar-refractivity contribution in [3.05, 3.63) is 53.7 Å². The maximum absolute atomic E-state index is 12.7. The molecule has 5 nitrogen and oxygen atoms in total. The van der Waals surface area contributed by atoms with Gasteiger partial charge in [0.25, 0.3) is 5.91 Å². The van der Waals surface area contributed by atoms with Gasteiger partial charge in [-0.15, -0.1) is 0 Å². The molecule has 1 saturated heterocycles. The molecule has 0 aliphatic carbocycles. The van der Waals surface area contributed by atoms with E-state index in [1.54, 1.807) is 20.2 Å². The first-order valence-corrected chi connectivity index (χ1v) is 10.6. The number of pyridine rings is 1. The second kappa shape index (κ2) is 8.92. The monoisotopic (exact) mass is 424 g/mol. The van der Waals surface area contributed by atoms with Gasteiger partial charge in [0.15, 0.2) is 6.10 Å². The Balaban J connectivity index is 1.63. The fourth-order valence-corrected chi connectivity index (χ4v) is 4.25. The Labute approximate surface area is 181 Å². The fraction of sp³-hybridized carbons (Fsp3) is 0.333. The van der Waals surface area contributed by atoms with Crippen LogP contribution in [0.1, 0.15) is 26.2 Å². The molecule has 1 fully saturated rings. The lowest BCUT2D eigenvalue weighted by molar-refractivity contribution is -0.138. The number of hydrogen-bond donors (Lipinski definition) is 0. The Bertz CT molecular complexity index is 1060. The maximum Gasteiger partial charge on any atom is 0.263 e. The van der Waals surface area contributed by atoms with E-state index in [2.05, 4.69) is 4.98 Å². The minimum atomic E-state index is -0.535. The van der Waals surface area contributed by atoms with Crippen LogP contribution in [0.5, 0.6) is 11.5 Å². The standard InChI is InChI=1S/C24H25ClN2O3/c1-16(24(28)27-13-4-3-5-14-27)30-17-9-10-18-19(11-12-26-21(18)15-17)23-20(25)7-6-8-22(23)29-2/h6-12,15-16H,3-5,13-14H2,1-2H3. The van der Waals surface area contributed by atoms with Crippen molar-refractivity contribution in [1.82, 2.24) is 9.88 Å². The van der Waals surface area contributed by atoms with Gasteiger partial charge in [-0.25, -0.2) is 0 Å². The van der Waals surface area contributed by atoms with Crippen molar-refractivity contribution < 1.29 is 14.3 Å². The third-order valence-electron chi connectivity index (χ3n) is 5.51. The van der Waals surface area contributed by atoms with Crippen LogP contribution >= 0.6 is 11.6 Å². The molecule has 0 radical (unpaired) electrons. The molecule has 1 aliphatic rings. The van der Waals surface area contributed by atoms with Crippen LogP contribution in [0.4, 0.5) is 0 Å². The first kappa shape index (κ1) is 20.5. The molecule has 1 aliphatic heterocycles. The lowest BCUT2D eigenvalue weighted by atomic mass is 10.00. The van der Waals surface area contributed by atoms with Crippen LogP contribution in [0, 0.1) is 0 Å². The zero-order chi connectivity index (χ0) is 21.1. The molecule has 4 rings (SSSR count). The number of carbonyl (C=O) groups is 1. The van der Waals surface area contributed by atoms with E-state index in [-0.39, 0.29) is 5.91 Å². The van der Waals surface area contributed by atoms with Crippen LogP contribution in [0.15, 0.2) is 48.7 Å². The fourth-order valence-electron chi connectivity index (χ4n) is 3.98. The number of benzene rings is 2. The van der Waals surface area contributed by atoms with Gasteiger partial charge in [-0.05, 0) is 62.1 Å².